The van der Waals surface area contributed by atoms with Crippen molar-refractivity contribution in [2.24, 2.45) is 0 Å². The number of carboxylic acid groups (broad SMARTS) is 1. The van der Waals surface area contributed by atoms with E-state index in [1.165, 1.54) is 25.3 Å². The molecule has 28 heavy (non-hydrogen) atoms. The number of fused-ring (bicyclic) bond motifs is 2. The molecule has 0 amide bonds. The van der Waals surface area contributed by atoms with Gasteiger partial charge in [0, 0.05) is 22.3 Å². The molecule has 0 aromatic heterocycles. The number of benzene rings is 2. The standard InChI is InChI=1S/C21H18O7/c1-21(2,3)28-20(26)15-13(27-4)9-12-14(16(15)19(24)25)18(23)11-8-6-5-7-10(11)17(12)22/h5-9H,1-4H3,(H,24,25). The molecule has 2 aromatic carbocycles. The van der Waals surface area contributed by atoms with Crippen molar-refractivity contribution in [3.63, 3.8) is 0 Å². The fraction of sp³-hybridized carbons (Fsp3) is 0.238. The van der Waals surface area contributed by atoms with E-state index in [9.17, 15) is 24.3 Å². The van der Waals surface area contributed by atoms with Crippen molar-refractivity contribution in [1.82, 2.24) is 0 Å². The molecule has 0 bridgehead atoms. The molecule has 0 saturated heterocycles. The van der Waals surface area contributed by atoms with Gasteiger partial charge in [0.05, 0.1) is 12.7 Å². The van der Waals surface area contributed by atoms with Gasteiger partial charge in [0.15, 0.2) is 11.6 Å². The summed E-state index contributed by atoms with van der Waals surface area (Å²) in [5.41, 5.74) is -2.10. The molecule has 0 saturated carbocycles. The minimum Gasteiger partial charge on any atom is -0.496 e. The lowest BCUT2D eigenvalue weighted by molar-refractivity contribution is 0.00624. The van der Waals surface area contributed by atoms with Crippen molar-refractivity contribution < 1.29 is 33.8 Å². The first-order valence-electron chi connectivity index (χ1n) is 8.47. The van der Waals surface area contributed by atoms with Crippen molar-refractivity contribution in [1.29, 1.82) is 0 Å². The van der Waals surface area contributed by atoms with Crippen molar-refractivity contribution in [2.75, 3.05) is 7.11 Å². The zero-order valence-corrected chi connectivity index (χ0v) is 15.8. The van der Waals surface area contributed by atoms with Crippen LogP contribution >= 0.6 is 0 Å². The maximum atomic E-state index is 13.0. The largest absolute Gasteiger partial charge is 0.496 e. The van der Waals surface area contributed by atoms with Gasteiger partial charge in [0.2, 0.25) is 0 Å². The lowest BCUT2D eigenvalue weighted by Crippen LogP contribution is -2.29. The highest BCUT2D eigenvalue weighted by atomic mass is 16.6. The Bertz CT molecular complexity index is 1040. The summed E-state index contributed by atoms with van der Waals surface area (Å²) in [6.45, 7) is 4.88. The summed E-state index contributed by atoms with van der Waals surface area (Å²) in [5.74, 6) is -3.79. The summed E-state index contributed by atoms with van der Waals surface area (Å²) < 4.78 is 10.5. The van der Waals surface area contributed by atoms with E-state index < -0.39 is 40.2 Å². The van der Waals surface area contributed by atoms with Crippen LogP contribution in [0.1, 0.15) is 73.3 Å². The summed E-state index contributed by atoms with van der Waals surface area (Å²) >= 11 is 0. The summed E-state index contributed by atoms with van der Waals surface area (Å²) in [5, 5.41) is 9.81. The Morgan fingerprint density at radius 2 is 1.50 bits per heavy atom. The van der Waals surface area contributed by atoms with Crippen LogP contribution in [-0.4, -0.2) is 41.3 Å². The van der Waals surface area contributed by atoms with Crippen LogP contribution in [-0.2, 0) is 4.74 Å². The van der Waals surface area contributed by atoms with Crippen LogP contribution in [0.15, 0.2) is 30.3 Å². The van der Waals surface area contributed by atoms with Crippen LogP contribution in [0, 0.1) is 0 Å². The zero-order chi connectivity index (χ0) is 20.8. The molecule has 144 valence electrons. The molecule has 1 aliphatic rings. The van der Waals surface area contributed by atoms with Gasteiger partial charge >= 0.3 is 11.9 Å². The number of carbonyl (C=O) groups excluding carboxylic acids is 3. The quantitative estimate of drug-likeness (QED) is 0.694. The fourth-order valence-electron chi connectivity index (χ4n) is 3.14. The minimum absolute atomic E-state index is 0.0859. The SMILES string of the molecule is COc1cc2c(c(C(=O)O)c1C(=O)OC(C)(C)C)C(=O)c1ccccc1C2=O. The average molecular weight is 382 g/mol. The van der Waals surface area contributed by atoms with Crippen molar-refractivity contribution in [2.45, 2.75) is 26.4 Å². The molecule has 1 aliphatic carbocycles. The highest BCUT2D eigenvalue weighted by Crippen LogP contribution is 2.37. The Hall–Kier alpha value is -3.48. The van der Waals surface area contributed by atoms with Crippen molar-refractivity contribution in [3.8, 4) is 5.75 Å². The molecule has 1 N–H and O–H groups in total. The van der Waals surface area contributed by atoms with E-state index in [1.807, 2.05) is 0 Å². The van der Waals surface area contributed by atoms with E-state index in [0.29, 0.717) is 0 Å². The fourth-order valence-corrected chi connectivity index (χ4v) is 3.14. The molecule has 3 rings (SSSR count). The molecule has 0 atom stereocenters. The molecule has 0 aliphatic heterocycles. The van der Waals surface area contributed by atoms with E-state index >= 15 is 0 Å². The van der Waals surface area contributed by atoms with Gasteiger partial charge in [-0.1, -0.05) is 24.3 Å². The average Bonchev–Trinajstić information content (AvgIpc) is 2.62. The second-order valence-corrected chi connectivity index (χ2v) is 7.26. The van der Waals surface area contributed by atoms with Crippen LogP contribution in [0.4, 0.5) is 0 Å². The zero-order valence-electron chi connectivity index (χ0n) is 15.8. The Balaban J connectivity index is 2.36. The maximum absolute atomic E-state index is 13.0. The molecule has 0 heterocycles. The first-order valence-corrected chi connectivity index (χ1v) is 8.47. The van der Waals surface area contributed by atoms with Gasteiger partial charge in [-0.25, -0.2) is 9.59 Å². The molecule has 0 fully saturated rings. The molecule has 7 nitrogen and oxygen atoms in total. The van der Waals surface area contributed by atoms with Crippen molar-refractivity contribution >= 4 is 23.5 Å². The van der Waals surface area contributed by atoms with Crippen LogP contribution < -0.4 is 4.74 Å². The van der Waals surface area contributed by atoms with Crippen LogP contribution in [0.5, 0.6) is 5.75 Å². The van der Waals surface area contributed by atoms with Crippen LogP contribution in [0.3, 0.4) is 0 Å². The highest BCUT2D eigenvalue weighted by Gasteiger charge is 2.39. The number of ether oxygens (including phenoxy) is 2. The molecular formula is C21H18O7. The number of carbonyl (C=O) groups is 4. The first kappa shape index (κ1) is 19.3. The van der Waals surface area contributed by atoms with Gasteiger partial charge in [-0.3, -0.25) is 9.59 Å². The number of ketones is 2. The van der Waals surface area contributed by atoms with Gasteiger partial charge in [-0.2, -0.15) is 0 Å². The maximum Gasteiger partial charge on any atom is 0.343 e. The molecule has 7 heteroatoms. The van der Waals surface area contributed by atoms with Gasteiger partial charge in [0.25, 0.3) is 0 Å². The first-order chi connectivity index (χ1) is 13.1. The summed E-state index contributed by atoms with van der Waals surface area (Å²) in [6.07, 6.45) is 0. The monoisotopic (exact) mass is 382 g/mol. The van der Waals surface area contributed by atoms with E-state index in [2.05, 4.69) is 0 Å². The molecule has 0 unspecified atom stereocenters. The summed E-state index contributed by atoms with van der Waals surface area (Å²) in [7, 11) is 1.24. The molecule has 0 spiro atoms. The Morgan fingerprint density at radius 1 is 0.929 bits per heavy atom. The van der Waals surface area contributed by atoms with E-state index in [0.717, 1.165) is 0 Å². The second-order valence-electron chi connectivity index (χ2n) is 7.26. The normalized spacial score (nSPS) is 12.9. The third-order valence-electron chi connectivity index (χ3n) is 4.22. The van der Waals surface area contributed by atoms with E-state index in [-0.39, 0.29) is 28.0 Å². The molecule has 0 radical (unpaired) electrons. The Kier molecular flexibility index (Phi) is 4.54. The van der Waals surface area contributed by atoms with Gasteiger partial charge in [-0.05, 0) is 26.8 Å². The lowest BCUT2D eigenvalue weighted by Gasteiger charge is -2.24. The number of methoxy groups -OCH3 is 1. The van der Waals surface area contributed by atoms with Crippen LogP contribution in [0.2, 0.25) is 0 Å². The second kappa shape index (κ2) is 6.60. The summed E-state index contributed by atoms with van der Waals surface area (Å²) in [6, 6.07) is 7.35. The molecular weight excluding hydrogens is 364 g/mol. The third-order valence-corrected chi connectivity index (χ3v) is 4.22. The van der Waals surface area contributed by atoms with Crippen molar-refractivity contribution in [3.05, 3.63) is 63.7 Å². The van der Waals surface area contributed by atoms with E-state index in [4.69, 9.17) is 9.47 Å². The third kappa shape index (κ3) is 3.05. The Labute approximate surface area is 160 Å². The highest BCUT2D eigenvalue weighted by molar-refractivity contribution is 6.31. The number of rotatable bonds is 3. The molecule has 2 aromatic rings. The predicted octanol–water partition coefficient (Wildman–Crippen LogP) is 3.12. The van der Waals surface area contributed by atoms with E-state index in [1.54, 1.807) is 32.9 Å². The van der Waals surface area contributed by atoms with Gasteiger partial charge < -0.3 is 14.6 Å². The minimum atomic E-state index is -1.53. The van der Waals surface area contributed by atoms with Gasteiger partial charge in [-0.15, -0.1) is 0 Å². The topological polar surface area (TPSA) is 107 Å². The Morgan fingerprint density at radius 3 is 2.00 bits per heavy atom. The number of aromatic carboxylic acids is 1. The summed E-state index contributed by atoms with van der Waals surface area (Å²) in [4.78, 5) is 50.7. The predicted molar refractivity (Wildman–Crippen MR) is 98.4 cm³/mol. The smallest absolute Gasteiger partial charge is 0.343 e. The number of hydrogen-bond donors (Lipinski definition) is 1. The number of hydrogen-bond acceptors (Lipinski definition) is 6. The number of esters is 1. The lowest BCUT2D eigenvalue weighted by atomic mass is 9.80. The number of carboxylic acids is 1. The van der Waals surface area contributed by atoms with Crippen LogP contribution in [0.25, 0.3) is 0 Å². The van der Waals surface area contributed by atoms with Gasteiger partial charge in [0.1, 0.15) is 16.9 Å².